The molecule has 4 N–H and O–H groups in total. The fourth-order valence-corrected chi connectivity index (χ4v) is 2.26. The lowest BCUT2D eigenvalue weighted by molar-refractivity contribution is 0.0715. The summed E-state index contributed by atoms with van der Waals surface area (Å²) < 4.78 is 10.6. The number of benzene rings is 3. The van der Waals surface area contributed by atoms with Crippen molar-refractivity contribution in [2.45, 2.75) is 0 Å². The number of nitrogens with two attached hydrogens (primary N) is 2. The van der Waals surface area contributed by atoms with Crippen LogP contribution >= 0.6 is 0 Å². The maximum absolute atomic E-state index is 12.3. The van der Waals surface area contributed by atoms with Crippen LogP contribution in [-0.2, 0) is 0 Å². The van der Waals surface area contributed by atoms with Gasteiger partial charge in [0, 0.05) is 17.4 Å². The van der Waals surface area contributed by atoms with Crippen LogP contribution in [0.1, 0.15) is 20.7 Å². The first-order valence-electron chi connectivity index (χ1n) is 7.77. The minimum absolute atomic E-state index is 0.222. The van der Waals surface area contributed by atoms with Crippen LogP contribution in [-0.4, -0.2) is 11.9 Å². The lowest BCUT2D eigenvalue weighted by atomic mass is 10.2. The summed E-state index contributed by atoms with van der Waals surface area (Å²) in [6.45, 7) is 0. The van der Waals surface area contributed by atoms with E-state index in [0.717, 1.165) is 0 Å². The molecule has 0 aliphatic carbocycles. The molecule has 0 saturated heterocycles. The van der Waals surface area contributed by atoms with Crippen LogP contribution in [0.4, 0.5) is 11.4 Å². The molecule has 0 unspecified atom stereocenters. The molecule has 26 heavy (non-hydrogen) atoms. The highest BCUT2D eigenvalue weighted by Gasteiger charge is 2.13. The quantitative estimate of drug-likeness (QED) is 0.426. The number of hydrogen-bond acceptors (Lipinski definition) is 6. The SMILES string of the molecule is Nc1cccc(OC(=O)c2cccc(OC(=O)c3cccc(N)c3)c2)c1. The van der Waals surface area contributed by atoms with E-state index in [4.69, 9.17) is 20.9 Å². The van der Waals surface area contributed by atoms with Crippen LogP contribution in [0.5, 0.6) is 11.5 Å². The molecule has 3 rings (SSSR count). The predicted octanol–water partition coefficient (Wildman–Crippen LogP) is 3.29. The lowest BCUT2D eigenvalue weighted by Gasteiger charge is -2.08. The van der Waals surface area contributed by atoms with Gasteiger partial charge in [-0.15, -0.1) is 0 Å². The molecular weight excluding hydrogens is 332 g/mol. The van der Waals surface area contributed by atoms with Crippen molar-refractivity contribution in [1.29, 1.82) is 0 Å². The van der Waals surface area contributed by atoms with Gasteiger partial charge in [0.15, 0.2) is 0 Å². The van der Waals surface area contributed by atoms with E-state index in [0.29, 0.717) is 22.7 Å². The molecule has 0 fully saturated rings. The van der Waals surface area contributed by atoms with Gasteiger partial charge < -0.3 is 20.9 Å². The summed E-state index contributed by atoms with van der Waals surface area (Å²) in [5.41, 5.74) is 12.8. The highest BCUT2D eigenvalue weighted by atomic mass is 16.5. The zero-order valence-corrected chi connectivity index (χ0v) is 13.7. The number of carbonyl (C=O) groups excluding carboxylic acids is 2. The Bertz CT molecular complexity index is 969. The zero-order valence-electron chi connectivity index (χ0n) is 13.7. The van der Waals surface area contributed by atoms with E-state index in [1.165, 1.54) is 12.1 Å². The van der Waals surface area contributed by atoms with Crippen LogP contribution in [0, 0.1) is 0 Å². The summed E-state index contributed by atoms with van der Waals surface area (Å²) in [5.74, 6) is -0.604. The summed E-state index contributed by atoms with van der Waals surface area (Å²) in [4.78, 5) is 24.4. The highest BCUT2D eigenvalue weighted by molar-refractivity contribution is 5.93. The van der Waals surface area contributed by atoms with Gasteiger partial charge in [-0.3, -0.25) is 0 Å². The summed E-state index contributed by atoms with van der Waals surface area (Å²) in [7, 11) is 0. The second kappa shape index (κ2) is 7.40. The lowest BCUT2D eigenvalue weighted by Crippen LogP contribution is -2.11. The average molecular weight is 348 g/mol. The van der Waals surface area contributed by atoms with Crippen molar-refractivity contribution < 1.29 is 19.1 Å². The normalized spacial score (nSPS) is 10.2. The zero-order chi connectivity index (χ0) is 18.5. The van der Waals surface area contributed by atoms with Crippen molar-refractivity contribution >= 4 is 23.3 Å². The number of anilines is 2. The van der Waals surface area contributed by atoms with Gasteiger partial charge in [-0.25, -0.2) is 9.59 Å². The summed E-state index contributed by atoms with van der Waals surface area (Å²) in [6.07, 6.45) is 0. The van der Waals surface area contributed by atoms with Crippen molar-refractivity contribution in [3.05, 3.63) is 83.9 Å². The van der Waals surface area contributed by atoms with Crippen molar-refractivity contribution in [1.82, 2.24) is 0 Å². The van der Waals surface area contributed by atoms with E-state index in [1.807, 2.05) is 0 Å². The first kappa shape index (κ1) is 17.0. The topological polar surface area (TPSA) is 105 Å². The van der Waals surface area contributed by atoms with Crippen LogP contribution in [0.2, 0.25) is 0 Å². The minimum atomic E-state index is -0.586. The Hall–Kier alpha value is -3.80. The van der Waals surface area contributed by atoms with Crippen LogP contribution < -0.4 is 20.9 Å². The first-order chi connectivity index (χ1) is 12.5. The first-order valence-corrected chi connectivity index (χ1v) is 7.77. The van der Waals surface area contributed by atoms with Gasteiger partial charge in [0.2, 0.25) is 0 Å². The Morgan fingerprint density at radius 2 is 1.08 bits per heavy atom. The van der Waals surface area contributed by atoms with E-state index in [1.54, 1.807) is 60.7 Å². The van der Waals surface area contributed by atoms with E-state index in [2.05, 4.69) is 0 Å². The maximum Gasteiger partial charge on any atom is 0.343 e. The second-order valence-electron chi connectivity index (χ2n) is 5.50. The van der Waals surface area contributed by atoms with Gasteiger partial charge >= 0.3 is 11.9 Å². The number of hydrogen-bond donors (Lipinski definition) is 2. The Labute approximate surface area is 150 Å². The van der Waals surface area contributed by atoms with E-state index in [-0.39, 0.29) is 11.3 Å². The van der Waals surface area contributed by atoms with Gasteiger partial charge in [0.25, 0.3) is 0 Å². The summed E-state index contributed by atoms with van der Waals surface area (Å²) in [6, 6.07) is 19.1. The molecule has 0 aromatic heterocycles. The third-order valence-electron chi connectivity index (χ3n) is 3.47. The molecule has 0 atom stereocenters. The molecule has 3 aromatic carbocycles. The minimum Gasteiger partial charge on any atom is -0.423 e. The molecule has 0 bridgehead atoms. The van der Waals surface area contributed by atoms with E-state index in [9.17, 15) is 9.59 Å². The second-order valence-corrected chi connectivity index (χ2v) is 5.50. The van der Waals surface area contributed by atoms with E-state index < -0.39 is 11.9 Å². The number of carbonyl (C=O) groups is 2. The van der Waals surface area contributed by atoms with Gasteiger partial charge in [0.05, 0.1) is 11.1 Å². The number of rotatable bonds is 4. The predicted molar refractivity (Wildman–Crippen MR) is 98.1 cm³/mol. The fraction of sp³-hybridized carbons (Fsp3) is 0. The van der Waals surface area contributed by atoms with Gasteiger partial charge in [0.1, 0.15) is 11.5 Å². The monoisotopic (exact) mass is 348 g/mol. The largest absolute Gasteiger partial charge is 0.423 e. The van der Waals surface area contributed by atoms with Crippen LogP contribution in [0.25, 0.3) is 0 Å². The molecule has 0 amide bonds. The van der Waals surface area contributed by atoms with Crippen molar-refractivity contribution in [2.24, 2.45) is 0 Å². The van der Waals surface area contributed by atoms with Gasteiger partial charge in [-0.2, -0.15) is 0 Å². The molecule has 6 heteroatoms. The molecular formula is C20H16N2O4. The van der Waals surface area contributed by atoms with Gasteiger partial charge in [-0.05, 0) is 48.5 Å². The number of nitrogen functional groups attached to an aromatic ring is 2. The fourth-order valence-electron chi connectivity index (χ4n) is 2.26. The third-order valence-corrected chi connectivity index (χ3v) is 3.47. The average Bonchev–Trinajstić information content (AvgIpc) is 2.62. The molecule has 6 nitrogen and oxygen atoms in total. The molecule has 0 saturated carbocycles. The molecule has 0 heterocycles. The molecule has 0 spiro atoms. The highest BCUT2D eigenvalue weighted by Crippen LogP contribution is 2.19. The smallest absolute Gasteiger partial charge is 0.343 e. The molecule has 130 valence electrons. The molecule has 0 radical (unpaired) electrons. The van der Waals surface area contributed by atoms with Gasteiger partial charge in [-0.1, -0.05) is 18.2 Å². The molecule has 0 aliphatic heterocycles. The third kappa shape index (κ3) is 4.18. The number of ether oxygens (including phenoxy) is 2. The maximum atomic E-state index is 12.3. The van der Waals surface area contributed by atoms with Crippen molar-refractivity contribution in [3.63, 3.8) is 0 Å². The summed E-state index contributed by atoms with van der Waals surface area (Å²) in [5, 5.41) is 0. The Balaban J connectivity index is 1.73. The summed E-state index contributed by atoms with van der Waals surface area (Å²) >= 11 is 0. The Morgan fingerprint density at radius 3 is 1.65 bits per heavy atom. The van der Waals surface area contributed by atoms with Crippen LogP contribution in [0.15, 0.2) is 72.8 Å². The standard InChI is InChI=1S/C20H16N2O4/c21-15-6-1-4-13(10-15)19(23)25-17-8-2-5-14(11-17)20(24)26-18-9-3-7-16(22)12-18/h1-12H,21-22H2. The Kier molecular flexibility index (Phi) is 4.85. The van der Waals surface area contributed by atoms with Crippen molar-refractivity contribution in [2.75, 3.05) is 11.5 Å². The molecule has 0 aliphatic rings. The van der Waals surface area contributed by atoms with Crippen molar-refractivity contribution in [3.8, 4) is 11.5 Å². The van der Waals surface area contributed by atoms with Crippen LogP contribution in [0.3, 0.4) is 0 Å². The number of esters is 2. The Morgan fingerprint density at radius 1 is 0.615 bits per heavy atom. The molecule has 3 aromatic rings. The van der Waals surface area contributed by atoms with E-state index >= 15 is 0 Å².